The third-order valence-electron chi connectivity index (χ3n) is 5.92. The Balaban J connectivity index is 2.18. The highest BCUT2D eigenvalue weighted by Gasteiger charge is 2.32. The molecule has 194 valence electrons. The van der Waals surface area contributed by atoms with E-state index in [0.717, 1.165) is 18.5 Å². The van der Waals surface area contributed by atoms with Crippen LogP contribution in [0.5, 0.6) is 0 Å². The number of carbonyl (C=O) groups is 4. The van der Waals surface area contributed by atoms with Gasteiger partial charge in [0.15, 0.2) is 6.04 Å². The molecule has 5 atom stereocenters. The number of unbranched alkanes of at least 4 members (excludes halogenated alkanes) is 1. The highest BCUT2D eigenvalue weighted by Crippen LogP contribution is 2.09. The number of carbonyl (C=O) groups excluding carboxylic acids is 3. The zero-order chi connectivity index (χ0) is 25.8. The van der Waals surface area contributed by atoms with Crippen molar-refractivity contribution in [3.63, 3.8) is 0 Å². The average molecular weight is 492 g/mol. The quantitative estimate of drug-likeness (QED) is 0.162. The van der Waals surface area contributed by atoms with Gasteiger partial charge in [0, 0.05) is 6.42 Å². The summed E-state index contributed by atoms with van der Waals surface area (Å²) in [6.07, 6.45) is 1.92. The predicted octanol–water partition coefficient (Wildman–Crippen LogP) is -0.970. The molecule has 1 fully saturated rings. The lowest BCUT2D eigenvalue weighted by Gasteiger charge is -2.26. The van der Waals surface area contributed by atoms with Crippen LogP contribution in [0.4, 0.5) is 0 Å². The number of carboxylic acids is 1. The molecule has 0 spiro atoms. The lowest BCUT2D eigenvalue weighted by molar-refractivity contribution is -0.145. The molecular weight excluding hydrogens is 454 g/mol. The first-order chi connectivity index (χ1) is 16.7. The molecule has 0 aromatic heterocycles. The summed E-state index contributed by atoms with van der Waals surface area (Å²) in [6.45, 7) is 2.43. The van der Waals surface area contributed by atoms with Crippen LogP contribution < -0.4 is 27.0 Å². The highest BCUT2D eigenvalue weighted by atomic mass is 16.4. The summed E-state index contributed by atoms with van der Waals surface area (Å²) in [4.78, 5) is 50.3. The Hall–Kier alpha value is -3.02. The van der Waals surface area contributed by atoms with Crippen molar-refractivity contribution < 1.29 is 29.4 Å². The summed E-state index contributed by atoms with van der Waals surface area (Å²) in [5.41, 5.74) is 6.32. The zero-order valence-corrected chi connectivity index (χ0v) is 20.0. The van der Waals surface area contributed by atoms with Crippen molar-refractivity contribution in [1.82, 2.24) is 21.3 Å². The van der Waals surface area contributed by atoms with Gasteiger partial charge in [-0.2, -0.15) is 0 Å². The molecule has 8 N–H and O–H groups in total. The molecule has 2 rings (SSSR count). The van der Waals surface area contributed by atoms with Gasteiger partial charge in [-0.1, -0.05) is 30.3 Å². The number of amides is 3. The topological polar surface area (TPSA) is 183 Å². The molecule has 3 amide bonds. The van der Waals surface area contributed by atoms with Crippen LogP contribution in [0.3, 0.4) is 0 Å². The molecule has 0 aliphatic carbocycles. The first kappa shape index (κ1) is 28.2. The van der Waals surface area contributed by atoms with Gasteiger partial charge in [-0.3, -0.25) is 14.4 Å². The third kappa shape index (κ3) is 9.27. The van der Waals surface area contributed by atoms with E-state index in [4.69, 9.17) is 5.73 Å². The van der Waals surface area contributed by atoms with Gasteiger partial charge in [0.1, 0.15) is 12.1 Å². The summed E-state index contributed by atoms with van der Waals surface area (Å²) in [5.74, 6) is -2.97. The molecule has 0 bridgehead atoms. The SMILES string of the molecule is CC(O)C(NC(=O)C(Cc1ccccc1)NC(=O)C(CCCCN)NC(=O)C1CCCN1)C(=O)O. The van der Waals surface area contributed by atoms with E-state index in [2.05, 4.69) is 21.3 Å². The maximum atomic E-state index is 13.2. The summed E-state index contributed by atoms with van der Waals surface area (Å²) in [7, 11) is 0. The third-order valence-corrected chi connectivity index (χ3v) is 5.92. The second-order valence-electron chi connectivity index (χ2n) is 8.81. The van der Waals surface area contributed by atoms with Crippen LogP contribution in [0, 0.1) is 0 Å². The van der Waals surface area contributed by atoms with E-state index >= 15 is 0 Å². The van der Waals surface area contributed by atoms with Gasteiger partial charge in [-0.05, 0) is 57.7 Å². The number of hydrogen-bond acceptors (Lipinski definition) is 7. The van der Waals surface area contributed by atoms with E-state index in [9.17, 15) is 29.4 Å². The Morgan fingerprint density at radius 2 is 1.74 bits per heavy atom. The summed E-state index contributed by atoms with van der Waals surface area (Å²) in [6, 6.07) is 5.03. The van der Waals surface area contributed by atoms with Crippen LogP contribution in [0.2, 0.25) is 0 Å². The van der Waals surface area contributed by atoms with Gasteiger partial charge in [-0.15, -0.1) is 0 Å². The molecule has 35 heavy (non-hydrogen) atoms. The fourth-order valence-electron chi connectivity index (χ4n) is 3.92. The van der Waals surface area contributed by atoms with Crippen LogP contribution in [0.25, 0.3) is 0 Å². The average Bonchev–Trinajstić information content (AvgIpc) is 3.36. The standard InChI is InChI=1S/C24H37N5O6/c1-15(30)20(24(34)35)29-23(33)19(14-16-8-3-2-4-9-16)28-22(32)18(10-5-6-12-25)27-21(31)17-11-7-13-26-17/h2-4,8-9,15,17-20,26,30H,5-7,10-14,25H2,1H3,(H,27,31)(H,28,32)(H,29,33)(H,34,35). The molecule has 0 radical (unpaired) electrons. The van der Waals surface area contributed by atoms with Crippen LogP contribution in [-0.4, -0.2) is 77.3 Å². The second kappa shape index (κ2) is 14.4. The first-order valence-corrected chi connectivity index (χ1v) is 12.0. The van der Waals surface area contributed by atoms with Gasteiger partial charge < -0.3 is 37.2 Å². The number of nitrogens with two attached hydrogens (primary N) is 1. The Morgan fingerprint density at radius 3 is 2.31 bits per heavy atom. The Bertz CT molecular complexity index is 844. The number of benzene rings is 1. The van der Waals surface area contributed by atoms with E-state index < -0.39 is 42.0 Å². The Labute approximate surface area is 205 Å². The lowest BCUT2D eigenvalue weighted by atomic mass is 10.0. The normalized spacial score (nSPS) is 18.7. The maximum Gasteiger partial charge on any atom is 0.328 e. The van der Waals surface area contributed by atoms with Crippen molar-refractivity contribution in [3.8, 4) is 0 Å². The molecule has 1 aromatic rings. The molecule has 11 heteroatoms. The van der Waals surface area contributed by atoms with Gasteiger partial charge in [0.2, 0.25) is 17.7 Å². The fraction of sp³-hybridized carbons (Fsp3) is 0.583. The largest absolute Gasteiger partial charge is 0.480 e. The van der Waals surface area contributed by atoms with E-state index in [0.29, 0.717) is 32.2 Å². The highest BCUT2D eigenvalue weighted by molar-refractivity contribution is 5.94. The smallest absolute Gasteiger partial charge is 0.328 e. The van der Waals surface area contributed by atoms with Crippen molar-refractivity contribution in [3.05, 3.63) is 35.9 Å². The maximum absolute atomic E-state index is 13.2. The van der Waals surface area contributed by atoms with Crippen molar-refractivity contribution in [1.29, 1.82) is 0 Å². The molecule has 1 saturated heterocycles. The monoisotopic (exact) mass is 491 g/mol. The van der Waals surface area contributed by atoms with Gasteiger partial charge >= 0.3 is 5.97 Å². The van der Waals surface area contributed by atoms with E-state index in [1.165, 1.54) is 6.92 Å². The molecule has 1 aliphatic heterocycles. The van der Waals surface area contributed by atoms with E-state index in [1.54, 1.807) is 24.3 Å². The molecule has 1 heterocycles. The molecule has 0 saturated carbocycles. The number of carboxylic acid groups (broad SMARTS) is 1. The van der Waals surface area contributed by atoms with Crippen molar-refractivity contribution in [2.75, 3.05) is 13.1 Å². The number of aliphatic hydroxyl groups excluding tert-OH is 1. The summed E-state index contributed by atoms with van der Waals surface area (Å²) >= 11 is 0. The minimum absolute atomic E-state index is 0.0954. The van der Waals surface area contributed by atoms with Crippen LogP contribution in [0.1, 0.15) is 44.6 Å². The van der Waals surface area contributed by atoms with Gasteiger partial charge in [-0.25, -0.2) is 4.79 Å². The zero-order valence-electron chi connectivity index (χ0n) is 20.0. The summed E-state index contributed by atoms with van der Waals surface area (Å²) < 4.78 is 0. The number of hydrogen-bond donors (Lipinski definition) is 7. The number of rotatable bonds is 14. The van der Waals surface area contributed by atoms with Crippen LogP contribution >= 0.6 is 0 Å². The predicted molar refractivity (Wildman–Crippen MR) is 129 cm³/mol. The molecule has 1 aliphatic rings. The summed E-state index contributed by atoms with van der Waals surface area (Å²) in [5, 5.41) is 29.9. The van der Waals surface area contributed by atoms with E-state index in [1.807, 2.05) is 6.07 Å². The van der Waals surface area contributed by atoms with Crippen LogP contribution in [-0.2, 0) is 25.6 Å². The molecule has 5 unspecified atom stereocenters. The number of aliphatic carboxylic acids is 1. The molecular formula is C24H37N5O6. The van der Waals surface area contributed by atoms with Crippen molar-refractivity contribution >= 4 is 23.7 Å². The fourth-order valence-corrected chi connectivity index (χ4v) is 3.92. The van der Waals surface area contributed by atoms with Crippen LogP contribution in [0.15, 0.2) is 30.3 Å². The minimum atomic E-state index is -1.54. The first-order valence-electron chi connectivity index (χ1n) is 12.0. The minimum Gasteiger partial charge on any atom is -0.480 e. The van der Waals surface area contributed by atoms with Crippen molar-refractivity contribution in [2.24, 2.45) is 5.73 Å². The lowest BCUT2D eigenvalue weighted by Crippen LogP contribution is -2.58. The number of nitrogens with one attached hydrogen (secondary N) is 4. The van der Waals surface area contributed by atoms with E-state index in [-0.39, 0.29) is 18.4 Å². The molecule has 11 nitrogen and oxygen atoms in total. The van der Waals surface area contributed by atoms with Gasteiger partial charge in [0.25, 0.3) is 0 Å². The van der Waals surface area contributed by atoms with Gasteiger partial charge in [0.05, 0.1) is 12.1 Å². The Kier molecular flexibility index (Phi) is 11.6. The Morgan fingerprint density at radius 1 is 1.06 bits per heavy atom. The second-order valence-corrected chi connectivity index (χ2v) is 8.81. The number of aliphatic hydroxyl groups is 1. The van der Waals surface area contributed by atoms with Crippen molar-refractivity contribution in [2.45, 2.75) is 75.7 Å². The molecule has 1 aromatic carbocycles.